The number of nitrogens with one attached hydrogen (secondary N) is 1. The monoisotopic (exact) mass is 482 g/mol. The Morgan fingerprint density at radius 2 is 1.63 bits per heavy atom. The van der Waals surface area contributed by atoms with Crippen LogP contribution in [-0.4, -0.2) is 46.9 Å². The first-order valence-corrected chi connectivity index (χ1v) is 12.8. The molecule has 5 nitrogen and oxygen atoms in total. The van der Waals surface area contributed by atoms with Crippen molar-refractivity contribution in [3.63, 3.8) is 0 Å². The third-order valence-corrected chi connectivity index (χ3v) is 7.49. The molecule has 0 radical (unpaired) electrons. The van der Waals surface area contributed by atoms with Crippen LogP contribution in [0, 0.1) is 0 Å². The van der Waals surface area contributed by atoms with Gasteiger partial charge in [-0.15, -0.1) is 0 Å². The highest BCUT2D eigenvalue weighted by Crippen LogP contribution is 2.37. The minimum atomic E-state index is -0.433. The van der Waals surface area contributed by atoms with Crippen LogP contribution in [0.5, 0.6) is 0 Å². The number of H-pyrrole nitrogens is 1. The Morgan fingerprint density at radius 1 is 0.914 bits per heavy atom. The predicted molar refractivity (Wildman–Crippen MR) is 144 cm³/mol. The topological polar surface area (TPSA) is 65.4 Å². The van der Waals surface area contributed by atoms with Crippen molar-refractivity contribution in [3.8, 4) is 0 Å². The van der Waals surface area contributed by atoms with E-state index in [4.69, 9.17) is 5.73 Å². The van der Waals surface area contributed by atoms with Crippen LogP contribution in [-0.2, 0) is 13.0 Å². The summed E-state index contributed by atoms with van der Waals surface area (Å²) in [4.78, 5) is 22.2. The summed E-state index contributed by atoms with van der Waals surface area (Å²) >= 11 is 1.58. The molecule has 3 aromatic carbocycles. The van der Waals surface area contributed by atoms with Gasteiger partial charge in [0.25, 0.3) is 5.91 Å². The Labute approximate surface area is 210 Å². The summed E-state index contributed by atoms with van der Waals surface area (Å²) in [5.74, 6) is -0.433. The van der Waals surface area contributed by atoms with Crippen molar-refractivity contribution in [1.29, 1.82) is 0 Å². The molecule has 1 fully saturated rings. The molecule has 0 aliphatic carbocycles. The zero-order valence-corrected chi connectivity index (χ0v) is 20.5. The second-order valence-corrected chi connectivity index (χ2v) is 9.96. The lowest BCUT2D eigenvalue weighted by Crippen LogP contribution is -2.43. The lowest BCUT2D eigenvalue weighted by molar-refractivity contribution is 0.0993. The highest BCUT2D eigenvalue weighted by molar-refractivity contribution is 7.99. The molecule has 0 saturated carbocycles. The standard InChI is InChI=1S/C29H30N4OS/c30-29(34)27-28(35-24-11-5-2-6-12-24)25-20-23(13-14-26(25)31-27)21-33-18-16-32(17-19-33)15-7-10-22-8-3-1-4-9-22/h1-9,11-15,20,31H,10,16-19,21H2,(H2,30,34). The highest BCUT2D eigenvalue weighted by Gasteiger charge is 2.19. The van der Waals surface area contributed by atoms with Gasteiger partial charge in [-0.1, -0.05) is 72.4 Å². The smallest absolute Gasteiger partial charge is 0.266 e. The molecular weight excluding hydrogens is 452 g/mol. The minimum absolute atomic E-state index is 0.433. The Balaban J connectivity index is 1.24. The number of fused-ring (bicyclic) bond motifs is 1. The first-order chi connectivity index (χ1) is 17.2. The number of aromatic amines is 1. The number of hydrogen-bond acceptors (Lipinski definition) is 4. The predicted octanol–water partition coefficient (Wildman–Crippen LogP) is 5.29. The average Bonchev–Trinajstić information content (AvgIpc) is 3.24. The Hall–Kier alpha value is -3.48. The van der Waals surface area contributed by atoms with Crippen molar-refractivity contribution in [2.24, 2.45) is 5.73 Å². The van der Waals surface area contributed by atoms with Crippen molar-refractivity contribution in [2.45, 2.75) is 22.8 Å². The van der Waals surface area contributed by atoms with Crippen molar-refractivity contribution >= 4 is 28.6 Å². The van der Waals surface area contributed by atoms with E-state index in [2.05, 4.69) is 75.6 Å². The van der Waals surface area contributed by atoms with Gasteiger partial charge in [0.15, 0.2) is 0 Å². The van der Waals surface area contributed by atoms with Crippen LogP contribution in [0.25, 0.3) is 10.9 Å². The van der Waals surface area contributed by atoms with Crippen molar-refractivity contribution < 1.29 is 4.79 Å². The van der Waals surface area contributed by atoms with E-state index in [0.717, 1.165) is 59.8 Å². The van der Waals surface area contributed by atoms with Gasteiger partial charge in [0.1, 0.15) is 5.69 Å². The van der Waals surface area contributed by atoms with Gasteiger partial charge in [-0.05, 0) is 48.0 Å². The number of rotatable bonds is 8. The summed E-state index contributed by atoms with van der Waals surface area (Å²) in [6, 6.07) is 27.1. The normalized spacial score (nSPS) is 14.7. The Bertz CT molecular complexity index is 1310. The van der Waals surface area contributed by atoms with E-state index in [1.54, 1.807) is 11.8 Å². The fourth-order valence-electron chi connectivity index (χ4n) is 4.48. The van der Waals surface area contributed by atoms with Gasteiger partial charge in [0.05, 0.1) is 4.90 Å². The van der Waals surface area contributed by atoms with E-state index in [-0.39, 0.29) is 0 Å². The van der Waals surface area contributed by atoms with E-state index >= 15 is 0 Å². The third-order valence-electron chi connectivity index (χ3n) is 6.35. The number of primary amides is 1. The second kappa shape index (κ2) is 10.8. The number of aromatic nitrogens is 1. The molecule has 1 saturated heterocycles. The number of nitrogens with two attached hydrogens (primary N) is 1. The number of allylic oxidation sites excluding steroid dienone is 1. The zero-order valence-electron chi connectivity index (χ0n) is 19.7. The molecule has 5 rings (SSSR count). The van der Waals surface area contributed by atoms with Gasteiger partial charge in [-0.3, -0.25) is 9.69 Å². The van der Waals surface area contributed by atoms with E-state index in [0.29, 0.717) is 5.69 Å². The highest BCUT2D eigenvalue weighted by atomic mass is 32.2. The Kier molecular flexibility index (Phi) is 7.21. The number of hydrogen-bond donors (Lipinski definition) is 2. The van der Waals surface area contributed by atoms with Crippen LogP contribution in [0.15, 0.2) is 101 Å². The van der Waals surface area contributed by atoms with Gasteiger partial charge in [-0.25, -0.2) is 0 Å². The molecule has 0 atom stereocenters. The maximum absolute atomic E-state index is 12.1. The first-order valence-electron chi connectivity index (χ1n) is 12.0. The maximum Gasteiger partial charge on any atom is 0.266 e. The molecule has 3 N–H and O–H groups in total. The van der Waals surface area contributed by atoms with Gasteiger partial charge >= 0.3 is 0 Å². The van der Waals surface area contributed by atoms with Crippen LogP contribution >= 0.6 is 11.8 Å². The summed E-state index contributed by atoms with van der Waals surface area (Å²) in [6.07, 6.45) is 5.47. The summed E-state index contributed by atoms with van der Waals surface area (Å²) in [7, 11) is 0. The van der Waals surface area contributed by atoms with Gasteiger partial charge in [0, 0.05) is 48.5 Å². The molecule has 1 aliphatic rings. The lowest BCUT2D eigenvalue weighted by Gasteiger charge is -2.34. The van der Waals surface area contributed by atoms with Crippen LogP contribution < -0.4 is 5.73 Å². The molecule has 1 aliphatic heterocycles. The van der Waals surface area contributed by atoms with E-state index in [1.165, 1.54) is 11.1 Å². The van der Waals surface area contributed by atoms with E-state index in [9.17, 15) is 4.79 Å². The number of amides is 1. The fraction of sp³-hybridized carbons (Fsp3) is 0.207. The van der Waals surface area contributed by atoms with Crippen LogP contribution in [0.3, 0.4) is 0 Å². The molecule has 0 spiro atoms. The van der Waals surface area contributed by atoms with Crippen LogP contribution in [0.2, 0.25) is 0 Å². The molecule has 0 unspecified atom stereocenters. The molecule has 6 heteroatoms. The maximum atomic E-state index is 12.1. The third kappa shape index (κ3) is 5.78. The summed E-state index contributed by atoms with van der Waals surface area (Å²) in [6.45, 7) is 5.00. The van der Waals surface area contributed by atoms with Gasteiger partial charge in [0.2, 0.25) is 0 Å². The Morgan fingerprint density at radius 3 is 2.34 bits per heavy atom. The minimum Gasteiger partial charge on any atom is -0.375 e. The number of nitrogens with zero attached hydrogens (tertiary/aromatic N) is 2. The van der Waals surface area contributed by atoms with E-state index < -0.39 is 5.91 Å². The SMILES string of the molecule is NC(=O)c1[nH]c2ccc(CN3CCN(C=CCc4ccccc4)CC3)cc2c1Sc1ccccc1. The average molecular weight is 483 g/mol. The zero-order chi connectivity index (χ0) is 24.0. The van der Waals surface area contributed by atoms with Gasteiger partial charge in [-0.2, -0.15) is 0 Å². The van der Waals surface area contributed by atoms with Gasteiger partial charge < -0.3 is 15.6 Å². The molecule has 2 heterocycles. The molecule has 4 aromatic rings. The first kappa shape index (κ1) is 23.3. The molecular formula is C29H30N4OS. The lowest BCUT2D eigenvalue weighted by atomic mass is 10.1. The quantitative estimate of drug-likeness (QED) is 0.358. The molecule has 0 bridgehead atoms. The number of benzene rings is 3. The number of piperazine rings is 1. The molecule has 178 valence electrons. The molecule has 1 aromatic heterocycles. The summed E-state index contributed by atoms with van der Waals surface area (Å²) in [5.41, 5.74) is 9.70. The van der Waals surface area contributed by atoms with Crippen LogP contribution in [0.4, 0.5) is 0 Å². The number of carbonyl (C=O) groups excluding carboxylic acids is 1. The fourth-order valence-corrected chi connectivity index (χ4v) is 5.54. The summed E-state index contributed by atoms with van der Waals surface area (Å²) < 4.78 is 0. The van der Waals surface area contributed by atoms with Crippen LogP contribution in [0.1, 0.15) is 21.6 Å². The van der Waals surface area contributed by atoms with Crippen molar-refractivity contribution in [1.82, 2.24) is 14.8 Å². The van der Waals surface area contributed by atoms with E-state index in [1.807, 2.05) is 30.3 Å². The largest absolute Gasteiger partial charge is 0.375 e. The molecule has 1 amide bonds. The number of carbonyl (C=O) groups is 1. The van der Waals surface area contributed by atoms with Crippen molar-refractivity contribution in [2.75, 3.05) is 26.2 Å². The second-order valence-electron chi connectivity index (χ2n) is 8.88. The summed E-state index contributed by atoms with van der Waals surface area (Å²) in [5, 5.41) is 1.05. The molecule has 35 heavy (non-hydrogen) atoms. The van der Waals surface area contributed by atoms with Crippen molar-refractivity contribution in [3.05, 3.63) is 108 Å².